The molecule has 1 aromatic heterocycles. The second-order valence-corrected chi connectivity index (χ2v) is 7.32. The first kappa shape index (κ1) is 18.4. The van der Waals surface area contributed by atoms with Gasteiger partial charge in [0.2, 0.25) is 17.7 Å². The maximum atomic E-state index is 11.2. The SMILES string of the molecule is CC(=O)N[C@H]1CC[C@@H](Cc2nnc(Cc3ccccc3OC(C)C)o2)C1. The summed E-state index contributed by atoms with van der Waals surface area (Å²) < 4.78 is 11.7. The molecule has 26 heavy (non-hydrogen) atoms. The molecule has 1 heterocycles. The highest BCUT2D eigenvalue weighted by molar-refractivity contribution is 5.73. The van der Waals surface area contributed by atoms with Crippen LogP contribution in [0.15, 0.2) is 28.7 Å². The number of carbonyl (C=O) groups is 1. The van der Waals surface area contributed by atoms with Gasteiger partial charge in [-0.15, -0.1) is 10.2 Å². The van der Waals surface area contributed by atoms with E-state index in [1.165, 1.54) is 0 Å². The minimum Gasteiger partial charge on any atom is -0.491 e. The normalized spacial score (nSPS) is 19.7. The molecule has 3 rings (SSSR count). The molecule has 6 nitrogen and oxygen atoms in total. The van der Waals surface area contributed by atoms with Crippen molar-refractivity contribution in [3.05, 3.63) is 41.6 Å². The third-order valence-electron chi connectivity index (χ3n) is 4.60. The van der Waals surface area contributed by atoms with E-state index in [1.807, 2.05) is 38.1 Å². The minimum atomic E-state index is 0.0398. The second-order valence-electron chi connectivity index (χ2n) is 7.32. The molecule has 0 bridgehead atoms. The monoisotopic (exact) mass is 357 g/mol. The number of carbonyl (C=O) groups excluding carboxylic acids is 1. The first-order valence-corrected chi connectivity index (χ1v) is 9.32. The summed E-state index contributed by atoms with van der Waals surface area (Å²) in [5.41, 5.74) is 1.04. The zero-order chi connectivity index (χ0) is 18.5. The summed E-state index contributed by atoms with van der Waals surface area (Å²) in [4.78, 5) is 11.2. The molecule has 1 amide bonds. The van der Waals surface area contributed by atoms with E-state index in [0.717, 1.165) is 37.0 Å². The van der Waals surface area contributed by atoms with E-state index in [4.69, 9.17) is 9.15 Å². The summed E-state index contributed by atoms with van der Waals surface area (Å²) in [5, 5.41) is 11.4. The number of rotatable bonds is 7. The number of amides is 1. The van der Waals surface area contributed by atoms with Gasteiger partial charge in [-0.05, 0) is 45.1 Å². The number of nitrogens with zero attached hydrogens (tertiary/aromatic N) is 2. The summed E-state index contributed by atoms with van der Waals surface area (Å²) in [7, 11) is 0. The van der Waals surface area contributed by atoms with Crippen molar-refractivity contribution in [2.45, 2.75) is 65.0 Å². The molecule has 140 valence electrons. The Hall–Kier alpha value is -2.37. The molecular formula is C20H27N3O3. The molecule has 2 aromatic rings. The van der Waals surface area contributed by atoms with Gasteiger partial charge in [0.15, 0.2) is 0 Å². The van der Waals surface area contributed by atoms with Gasteiger partial charge in [0.1, 0.15) is 5.75 Å². The standard InChI is InChI=1S/C20H27N3O3/c1-13(2)25-18-7-5-4-6-16(18)12-20-23-22-19(26-20)11-15-8-9-17(10-15)21-14(3)24/h4-7,13,15,17H,8-12H2,1-3H3,(H,21,24)/t15-,17+/m1/s1. The highest BCUT2D eigenvalue weighted by Gasteiger charge is 2.27. The van der Waals surface area contributed by atoms with E-state index in [1.54, 1.807) is 6.92 Å². The van der Waals surface area contributed by atoms with Gasteiger partial charge in [0, 0.05) is 24.9 Å². The van der Waals surface area contributed by atoms with Gasteiger partial charge in [0.25, 0.3) is 0 Å². The van der Waals surface area contributed by atoms with Crippen LogP contribution in [0.4, 0.5) is 0 Å². The molecule has 0 aliphatic heterocycles. The van der Waals surface area contributed by atoms with Crippen LogP contribution in [0.25, 0.3) is 0 Å². The van der Waals surface area contributed by atoms with E-state index in [9.17, 15) is 4.79 Å². The topological polar surface area (TPSA) is 77.2 Å². The molecule has 2 atom stereocenters. The van der Waals surface area contributed by atoms with Crippen molar-refractivity contribution in [1.29, 1.82) is 0 Å². The lowest BCUT2D eigenvalue weighted by Gasteiger charge is -2.13. The molecule has 1 saturated carbocycles. The van der Waals surface area contributed by atoms with Gasteiger partial charge in [0.05, 0.1) is 12.5 Å². The molecule has 0 radical (unpaired) electrons. The van der Waals surface area contributed by atoms with Crippen molar-refractivity contribution in [3.8, 4) is 5.75 Å². The fraction of sp³-hybridized carbons (Fsp3) is 0.550. The molecule has 1 N–H and O–H groups in total. The van der Waals surface area contributed by atoms with Crippen LogP contribution >= 0.6 is 0 Å². The van der Waals surface area contributed by atoms with E-state index >= 15 is 0 Å². The summed E-state index contributed by atoms with van der Waals surface area (Å²) in [5.74, 6) is 2.66. The van der Waals surface area contributed by atoms with Crippen LogP contribution in [0.5, 0.6) is 5.75 Å². The number of hydrogen-bond acceptors (Lipinski definition) is 5. The molecule has 6 heteroatoms. The van der Waals surface area contributed by atoms with E-state index in [-0.39, 0.29) is 18.1 Å². The van der Waals surface area contributed by atoms with Crippen LogP contribution in [0, 0.1) is 5.92 Å². The van der Waals surface area contributed by atoms with Crippen LogP contribution in [0.3, 0.4) is 0 Å². The largest absolute Gasteiger partial charge is 0.491 e. The Morgan fingerprint density at radius 2 is 2.04 bits per heavy atom. The van der Waals surface area contributed by atoms with Gasteiger partial charge in [-0.1, -0.05) is 18.2 Å². The number of nitrogens with one attached hydrogen (secondary N) is 1. The highest BCUT2D eigenvalue weighted by atomic mass is 16.5. The summed E-state index contributed by atoms with van der Waals surface area (Å²) in [6.45, 7) is 5.59. The maximum Gasteiger partial charge on any atom is 0.221 e. The minimum absolute atomic E-state index is 0.0398. The number of hydrogen-bond donors (Lipinski definition) is 1. The molecule has 0 saturated heterocycles. The lowest BCUT2D eigenvalue weighted by molar-refractivity contribution is -0.119. The lowest BCUT2D eigenvalue weighted by Crippen LogP contribution is -2.30. The fourth-order valence-corrected chi connectivity index (χ4v) is 3.55. The van der Waals surface area contributed by atoms with E-state index in [2.05, 4.69) is 15.5 Å². The smallest absolute Gasteiger partial charge is 0.221 e. The van der Waals surface area contributed by atoms with Crippen molar-refractivity contribution in [2.75, 3.05) is 0 Å². The van der Waals surface area contributed by atoms with Crippen LogP contribution in [0.2, 0.25) is 0 Å². The molecule has 1 aliphatic rings. The summed E-state index contributed by atoms with van der Waals surface area (Å²) in [6, 6.07) is 8.22. The number of ether oxygens (including phenoxy) is 1. The Kier molecular flexibility index (Phi) is 5.91. The van der Waals surface area contributed by atoms with Crippen molar-refractivity contribution in [1.82, 2.24) is 15.5 Å². The van der Waals surface area contributed by atoms with E-state index < -0.39 is 0 Å². The molecule has 0 spiro atoms. The average molecular weight is 357 g/mol. The van der Waals surface area contributed by atoms with Crippen LogP contribution < -0.4 is 10.1 Å². The number of benzene rings is 1. The zero-order valence-electron chi connectivity index (χ0n) is 15.7. The van der Waals surface area contributed by atoms with Crippen LogP contribution in [0.1, 0.15) is 57.4 Å². The summed E-state index contributed by atoms with van der Waals surface area (Å²) >= 11 is 0. The molecule has 1 fully saturated rings. The Balaban J connectivity index is 1.58. The second kappa shape index (κ2) is 8.34. The zero-order valence-corrected chi connectivity index (χ0v) is 15.7. The predicted molar refractivity (Wildman–Crippen MR) is 98.0 cm³/mol. The Morgan fingerprint density at radius 1 is 1.27 bits per heavy atom. The van der Waals surface area contributed by atoms with Gasteiger partial charge in [-0.25, -0.2) is 0 Å². The van der Waals surface area contributed by atoms with Crippen LogP contribution in [-0.4, -0.2) is 28.3 Å². The van der Waals surface area contributed by atoms with Crippen LogP contribution in [-0.2, 0) is 17.6 Å². The molecule has 1 aromatic carbocycles. The van der Waals surface area contributed by atoms with Crippen molar-refractivity contribution < 1.29 is 13.9 Å². The quantitative estimate of drug-likeness (QED) is 0.823. The van der Waals surface area contributed by atoms with Gasteiger partial charge >= 0.3 is 0 Å². The maximum absolute atomic E-state index is 11.2. The Bertz CT molecular complexity index is 741. The average Bonchev–Trinajstić information content (AvgIpc) is 3.18. The fourth-order valence-electron chi connectivity index (χ4n) is 3.55. The van der Waals surface area contributed by atoms with Gasteiger partial charge in [-0.2, -0.15) is 0 Å². The molecular weight excluding hydrogens is 330 g/mol. The Labute approximate surface area is 154 Å². The number of aromatic nitrogens is 2. The first-order valence-electron chi connectivity index (χ1n) is 9.32. The van der Waals surface area contributed by atoms with Gasteiger partial charge in [-0.3, -0.25) is 4.79 Å². The van der Waals surface area contributed by atoms with Crippen molar-refractivity contribution in [2.24, 2.45) is 5.92 Å². The third-order valence-corrected chi connectivity index (χ3v) is 4.60. The Morgan fingerprint density at radius 3 is 2.81 bits per heavy atom. The first-order chi connectivity index (χ1) is 12.5. The predicted octanol–water partition coefficient (Wildman–Crippen LogP) is 3.29. The lowest BCUT2D eigenvalue weighted by atomic mass is 10.0. The molecule has 0 unspecified atom stereocenters. The number of para-hydroxylation sites is 1. The summed E-state index contributed by atoms with van der Waals surface area (Å²) in [6.07, 6.45) is 4.53. The third kappa shape index (κ3) is 5.07. The molecule has 1 aliphatic carbocycles. The van der Waals surface area contributed by atoms with Crippen molar-refractivity contribution in [3.63, 3.8) is 0 Å². The van der Waals surface area contributed by atoms with Gasteiger partial charge < -0.3 is 14.5 Å². The highest BCUT2D eigenvalue weighted by Crippen LogP contribution is 2.29. The van der Waals surface area contributed by atoms with Crippen molar-refractivity contribution >= 4 is 5.91 Å². The van der Waals surface area contributed by atoms with E-state index in [0.29, 0.717) is 24.1 Å².